The van der Waals surface area contributed by atoms with Gasteiger partial charge in [0, 0.05) is 19.7 Å². The molecule has 17 heavy (non-hydrogen) atoms. The Labute approximate surface area is 102 Å². The number of nitrogens with one attached hydrogen (secondary N) is 2. The van der Waals surface area contributed by atoms with Crippen LogP contribution in [0.4, 0.5) is 0 Å². The number of hydrogen-bond acceptors (Lipinski definition) is 3. The van der Waals surface area contributed by atoms with Crippen LogP contribution in [0.2, 0.25) is 0 Å². The number of carbonyl (C=O) groups excluding carboxylic acids is 2. The second kappa shape index (κ2) is 7.27. The first-order chi connectivity index (χ1) is 8.08. The summed E-state index contributed by atoms with van der Waals surface area (Å²) in [7, 11) is 0. The van der Waals surface area contributed by atoms with Crippen LogP contribution in [0.5, 0.6) is 0 Å². The number of amides is 2. The molecule has 0 aliphatic carbocycles. The van der Waals surface area contributed by atoms with Crippen molar-refractivity contribution in [1.29, 1.82) is 0 Å². The van der Waals surface area contributed by atoms with Gasteiger partial charge in [0.05, 0.1) is 6.10 Å². The fraction of sp³-hybridized carbons (Fsp3) is 0.833. The van der Waals surface area contributed by atoms with Crippen molar-refractivity contribution >= 4 is 11.8 Å². The van der Waals surface area contributed by atoms with Crippen LogP contribution in [0.15, 0.2) is 0 Å². The van der Waals surface area contributed by atoms with Crippen LogP contribution in [0.25, 0.3) is 0 Å². The molecule has 0 aromatic rings. The molecule has 2 N–H and O–H groups in total. The number of ether oxygens (including phenoxy) is 1. The Balaban J connectivity index is 2.09. The van der Waals surface area contributed by atoms with Gasteiger partial charge in [-0.05, 0) is 18.8 Å². The van der Waals surface area contributed by atoms with Crippen LogP contribution in [0.1, 0.15) is 33.1 Å². The van der Waals surface area contributed by atoms with Gasteiger partial charge in [-0.25, -0.2) is 0 Å². The summed E-state index contributed by atoms with van der Waals surface area (Å²) in [5.74, 6) is -0.0563. The minimum atomic E-state index is -0.234. The number of hydrogen-bond donors (Lipinski definition) is 2. The summed E-state index contributed by atoms with van der Waals surface area (Å²) in [5, 5.41) is 5.43. The zero-order valence-corrected chi connectivity index (χ0v) is 10.6. The third-order valence-corrected chi connectivity index (χ3v) is 2.58. The Morgan fingerprint density at radius 2 is 2.00 bits per heavy atom. The first kappa shape index (κ1) is 14.0. The summed E-state index contributed by atoms with van der Waals surface area (Å²) in [6.07, 6.45) is 2.06. The maximum absolute atomic E-state index is 11.4. The maximum Gasteiger partial charge on any atom is 0.229 e. The molecule has 0 spiro atoms. The predicted molar refractivity (Wildman–Crippen MR) is 64.4 cm³/mol. The Hall–Kier alpha value is -1.10. The van der Waals surface area contributed by atoms with E-state index < -0.39 is 0 Å². The summed E-state index contributed by atoms with van der Waals surface area (Å²) in [6.45, 7) is 5.92. The lowest BCUT2D eigenvalue weighted by Gasteiger charge is -2.11. The lowest BCUT2D eigenvalue weighted by molar-refractivity contribution is -0.129. The topological polar surface area (TPSA) is 67.4 Å². The van der Waals surface area contributed by atoms with Crippen molar-refractivity contribution in [1.82, 2.24) is 10.6 Å². The van der Waals surface area contributed by atoms with E-state index in [0.717, 1.165) is 19.4 Å². The molecule has 0 radical (unpaired) electrons. The molecule has 1 rings (SSSR count). The molecule has 1 heterocycles. The van der Waals surface area contributed by atoms with E-state index in [0.29, 0.717) is 19.0 Å². The highest BCUT2D eigenvalue weighted by molar-refractivity contribution is 5.96. The average Bonchev–Trinajstić information content (AvgIpc) is 2.76. The Kier molecular flexibility index (Phi) is 5.97. The normalized spacial score (nSPS) is 19.4. The van der Waals surface area contributed by atoms with E-state index in [1.54, 1.807) is 0 Å². The minimum Gasteiger partial charge on any atom is -0.376 e. The van der Waals surface area contributed by atoms with Gasteiger partial charge >= 0.3 is 0 Å². The number of carbonyl (C=O) groups is 2. The lowest BCUT2D eigenvalue weighted by atomic mass is 10.2. The third kappa shape index (κ3) is 6.26. The third-order valence-electron chi connectivity index (χ3n) is 2.58. The summed E-state index contributed by atoms with van der Waals surface area (Å²) < 4.78 is 5.37. The van der Waals surface area contributed by atoms with Crippen molar-refractivity contribution < 1.29 is 14.3 Å². The molecule has 1 saturated heterocycles. The van der Waals surface area contributed by atoms with Crippen LogP contribution in [-0.4, -0.2) is 37.6 Å². The highest BCUT2D eigenvalue weighted by atomic mass is 16.5. The van der Waals surface area contributed by atoms with E-state index in [1.165, 1.54) is 0 Å². The van der Waals surface area contributed by atoms with Crippen molar-refractivity contribution in [3.05, 3.63) is 0 Å². The molecule has 1 fully saturated rings. The zero-order valence-electron chi connectivity index (χ0n) is 10.6. The first-order valence-corrected chi connectivity index (χ1v) is 6.23. The van der Waals surface area contributed by atoms with E-state index in [4.69, 9.17) is 4.74 Å². The monoisotopic (exact) mass is 242 g/mol. The molecule has 1 aliphatic rings. The van der Waals surface area contributed by atoms with Gasteiger partial charge in [-0.1, -0.05) is 13.8 Å². The molecular weight excluding hydrogens is 220 g/mol. The van der Waals surface area contributed by atoms with E-state index in [9.17, 15) is 9.59 Å². The van der Waals surface area contributed by atoms with Crippen LogP contribution in [-0.2, 0) is 14.3 Å². The Morgan fingerprint density at radius 1 is 1.29 bits per heavy atom. The molecule has 2 amide bonds. The van der Waals surface area contributed by atoms with Gasteiger partial charge < -0.3 is 15.4 Å². The van der Waals surface area contributed by atoms with Crippen LogP contribution in [0.3, 0.4) is 0 Å². The van der Waals surface area contributed by atoms with E-state index >= 15 is 0 Å². The minimum absolute atomic E-state index is 0.0978. The van der Waals surface area contributed by atoms with Crippen molar-refractivity contribution in [2.75, 3.05) is 19.7 Å². The van der Waals surface area contributed by atoms with Crippen LogP contribution < -0.4 is 10.6 Å². The van der Waals surface area contributed by atoms with Crippen LogP contribution in [0, 0.1) is 5.92 Å². The highest BCUT2D eigenvalue weighted by Crippen LogP contribution is 2.10. The molecule has 1 unspecified atom stereocenters. The van der Waals surface area contributed by atoms with Crippen molar-refractivity contribution in [3.8, 4) is 0 Å². The molecular formula is C12H22N2O3. The summed E-state index contributed by atoms with van der Waals surface area (Å²) in [5.41, 5.74) is 0. The van der Waals surface area contributed by atoms with Crippen molar-refractivity contribution in [2.45, 2.75) is 39.2 Å². The standard InChI is InChI=1S/C12H22N2O3/c1-9(2)7-13-11(15)6-12(16)14-8-10-4-3-5-17-10/h9-10H,3-8H2,1-2H3,(H,13,15)(H,14,16). The summed E-state index contributed by atoms with van der Waals surface area (Å²) in [4.78, 5) is 22.8. The van der Waals surface area contributed by atoms with Crippen molar-refractivity contribution in [2.24, 2.45) is 5.92 Å². The average molecular weight is 242 g/mol. The van der Waals surface area contributed by atoms with Gasteiger partial charge in [0.2, 0.25) is 11.8 Å². The molecule has 1 atom stereocenters. The second-order valence-electron chi connectivity index (χ2n) is 4.81. The molecule has 0 bridgehead atoms. The van der Waals surface area contributed by atoms with Gasteiger partial charge in [0.25, 0.3) is 0 Å². The quantitative estimate of drug-likeness (QED) is 0.664. The van der Waals surface area contributed by atoms with Gasteiger partial charge in [0.15, 0.2) is 0 Å². The van der Waals surface area contributed by atoms with E-state index in [2.05, 4.69) is 10.6 Å². The molecule has 5 nitrogen and oxygen atoms in total. The summed E-state index contributed by atoms with van der Waals surface area (Å²) >= 11 is 0. The lowest BCUT2D eigenvalue weighted by Crippen LogP contribution is -2.36. The molecule has 0 aromatic carbocycles. The van der Waals surface area contributed by atoms with E-state index in [-0.39, 0.29) is 24.3 Å². The fourth-order valence-electron chi connectivity index (χ4n) is 1.62. The summed E-state index contributed by atoms with van der Waals surface area (Å²) in [6, 6.07) is 0. The van der Waals surface area contributed by atoms with Crippen molar-refractivity contribution in [3.63, 3.8) is 0 Å². The molecule has 0 saturated carbocycles. The Morgan fingerprint density at radius 3 is 2.59 bits per heavy atom. The van der Waals surface area contributed by atoms with Gasteiger partial charge in [-0.15, -0.1) is 0 Å². The second-order valence-corrected chi connectivity index (χ2v) is 4.81. The van der Waals surface area contributed by atoms with Crippen LogP contribution >= 0.6 is 0 Å². The predicted octanol–water partition coefficient (Wildman–Crippen LogP) is 0.444. The zero-order chi connectivity index (χ0) is 12.7. The maximum atomic E-state index is 11.4. The smallest absolute Gasteiger partial charge is 0.229 e. The van der Waals surface area contributed by atoms with Gasteiger partial charge in [-0.3, -0.25) is 9.59 Å². The molecule has 98 valence electrons. The largest absolute Gasteiger partial charge is 0.376 e. The van der Waals surface area contributed by atoms with Gasteiger partial charge in [0.1, 0.15) is 6.42 Å². The molecule has 0 aromatic heterocycles. The molecule has 5 heteroatoms. The Bertz CT molecular complexity index is 260. The fourth-order valence-corrected chi connectivity index (χ4v) is 1.62. The SMILES string of the molecule is CC(C)CNC(=O)CC(=O)NCC1CCCO1. The highest BCUT2D eigenvalue weighted by Gasteiger charge is 2.17. The van der Waals surface area contributed by atoms with Gasteiger partial charge in [-0.2, -0.15) is 0 Å². The first-order valence-electron chi connectivity index (χ1n) is 6.23. The number of rotatable bonds is 6. The molecule has 1 aliphatic heterocycles. The van der Waals surface area contributed by atoms with E-state index in [1.807, 2.05) is 13.8 Å².